The summed E-state index contributed by atoms with van der Waals surface area (Å²) in [5.41, 5.74) is 0. The molecule has 1 aliphatic carbocycles. The van der Waals surface area contributed by atoms with E-state index >= 15 is 0 Å². The van der Waals surface area contributed by atoms with Crippen LogP contribution in [-0.4, -0.2) is 36.3 Å². The molecule has 0 atom stereocenters. The maximum absolute atomic E-state index is 12.0. The van der Waals surface area contributed by atoms with Gasteiger partial charge in [0.25, 0.3) is 0 Å². The Labute approximate surface area is 115 Å². The highest BCUT2D eigenvalue weighted by Gasteiger charge is 2.21. The lowest BCUT2D eigenvalue weighted by Crippen LogP contribution is -2.40. The molecule has 0 spiro atoms. The molecular formula is C15H26N2O2. The first-order chi connectivity index (χ1) is 9.27. The van der Waals surface area contributed by atoms with E-state index in [4.69, 9.17) is 0 Å². The molecule has 2 fully saturated rings. The molecule has 108 valence electrons. The highest BCUT2D eigenvalue weighted by molar-refractivity contribution is 5.79. The minimum Gasteiger partial charge on any atom is -0.354 e. The first-order valence-corrected chi connectivity index (χ1v) is 7.83. The van der Waals surface area contributed by atoms with Crippen molar-refractivity contribution in [3.8, 4) is 0 Å². The fourth-order valence-electron chi connectivity index (χ4n) is 3.10. The summed E-state index contributed by atoms with van der Waals surface area (Å²) < 4.78 is 0. The number of nitrogens with zero attached hydrogens (tertiary/aromatic N) is 1. The van der Waals surface area contributed by atoms with Crippen molar-refractivity contribution < 1.29 is 9.59 Å². The average Bonchev–Trinajstić information content (AvgIpc) is 2.65. The zero-order valence-electron chi connectivity index (χ0n) is 11.8. The number of nitrogens with one attached hydrogen (secondary N) is 1. The lowest BCUT2D eigenvalue weighted by molar-refractivity contribution is -0.131. The van der Waals surface area contributed by atoms with Crippen molar-refractivity contribution >= 4 is 11.8 Å². The van der Waals surface area contributed by atoms with E-state index in [0.717, 1.165) is 38.6 Å². The molecular weight excluding hydrogens is 240 g/mol. The second kappa shape index (κ2) is 7.51. The summed E-state index contributed by atoms with van der Waals surface area (Å²) in [5.74, 6) is 0.667. The van der Waals surface area contributed by atoms with Crippen molar-refractivity contribution in [2.75, 3.05) is 19.6 Å². The van der Waals surface area contributed by atoms with Gasteiger partial charge in [-0.15, -0.1) is 0 Å². The highest BCUT2D eigenvalue weighted by Crippen LogP contribution is 2.23. The third-order valence-corrected chi connectivity index (χ3v) is 4.33. The maximum atomic E-state index is 12.0. The number of carbonyl (C=O) groups excluding carboxylic acids is 2. The monoisotopic (exact) mass is 266 g/mol. The summed E-state index contributed by atoms with van der Waals surface area (Å²) in [6, 6.07) is 0. The quantitative estimate of drug-likeness (QED) is 0.847. The first kappa shape index (κ1) is 14.4. The van der Waals surface area contributed by atoms with Gasteiger partial charge in [0.05, 0.1) is 0 Å². The molecule has 2 rings (SSSR count). The summed E-state index contributed by atoms with van der Waals surface area (Å²) >= 11 is 0. The van der Waals surface area contributed by atoms with Gasteiger partial charge in [-0.2, -0.15) is 0 Å². The molecule has 0 bridgehead atoms. The summed E-state index contributed by atoms with van der Waals surface area (Å²) in [6.45, 7) is 2.15. The molecule has 0 aromatic rings. The largest absolute Gasteiger partial charge is 0.354 e. The number of carbonyl (C=O) groups is 2. The van der Waals surface area contributed by atoms with Crippen LogP contribution in [0.15, 0.2) is 0 Å². The van der Waals surface area contributed by atoms with Crippen LogP contribution in [0, 0.1) is 5.92 Å². The van der Waals surface area contributed by atoms with E-state index in [1.165, 1.54) is 19.3 Å². The number of amides is 2. The molecule has 0 aromatic carbocycles. The zero-order chi connectivity index (χ0) is 13.5. The third kappa shape index (κ3) is 4.51. The van der Waals surface area contributed by atoms with Crippen LogP contribution in [-0.2, 0) is 9.59 Å². The van der Waals surface area contributed by atoms with E-state index in [2.05, 4.69) is 5.32 Å². The molecule has 1 saturated heterocycles. The Balaban J connectivity index is 1.67. The number of rotatable bonds is 4. The van der Waals surface area contributed by atoms with Crippen LogP contribution in [0.2, 0.25) is 0 Å². The molecule has 1 heterocycles. The van der Waals surface area contributed by atoms with Crippen LogP contribution in [0.25, 0.3) is 0 Å². The van der Waals surface area contributed by atoms with Gasteiger partial charge in [0.2, 0.25) is 11.8 Å². The Kier molecular flexibility index (Phi) is 5.67. The van der Waals surface area contributed by atoms with Gasteiger partial charge in [-0.1, -0.05) is 25.7 Å². The number of hydrogen-bond donors (Lipinski definition) is 1. The molecule has 2 aliphatic rings. The first-order valence-electron chi connectivity index (χ1n) is 7.83. The van der Waals surface area contributed by atoms with E-state index < -0.39 is 0 Å². The van der Waals surface area contributed by atoms with E-state index in [1.807, 2.05) is 4.90 Å². The molecule has 4 nitrogen and oxygen atoms in total. The molecule has 0 unspecified atom stereocenters. The smallest absolute Gasteiger partial charge is 0.223 e. The maximum Gasteiger partial charge on any atom is 0.223 e. The van der Waals surface area contributed by atoms with E-state index in [0.29, 0.717) is 19.5 Å². The molecule has 0 aromatic heterocycles. The Morgan fingerprint density at radius 1 is 1.11 bits per heavy atom. The highest BCUT2D eigenvalue weighted by atomic mass is 16.2. The second-order valence-corrected chi connectivity index (χ2v) is 5.82. The summed E-state index contributed by atoms with van der Waals surface area (Å²) in [6.07, 6.45) is 9.65. The van der Waals surface area contributed by atoms with E-state index in [-0.39, 0.29) is 17.7 Å². The molecule has 4 heteroatoms. The van der Waals surface area contributed by atoms with Gasteiger partial charge in [0.15, 0.2) is 0 Å². The van der Waals surface area contributed by atoms with Gasteiger partial charge in [-0.3, -0.25) is 9.59 Å². The topological polar surface area (TPSA) is 49.4 Å². The van der Waals surface area contributed by atoms with Crippen LogP contribution in [0.3, 0.4) is 0 Å². The third-order valence-electron chi connectivity index (χ3n) is 4.33. The van der Waals surface area contributed by atoms with Gasteiger partial charge < -0.3 is 10.2 Å². The lowest BCUT2D eigenvalue weighted by Gasteiger charge is -2.23. The van der Waals surface area contributed by atoms with Crippen molar-refractivity contribution in [2.24, 2.45) is 5.92 Å². The van der Waals surface area contributed by atoms with E-state index in [1.54, 1.807) is 0 Å². The molecule has 0 radical (unpaired) electrons. The normalized spacial score (nSPS) is 22.1. The fraction of sp³-hybridized carbons (Fsp3) is 0.867. The Bertz CT molecular complexity index is 311. The SMILES string of the molecule is O=C(NCCN1CCCCCC1=O)C1CCCCC1. The molecule has 1 N–H and O–H groups in total. The van der Waals surface area contributed by atoms with Crippen LogP contribution in [0.4, 0.5) is 0 Å². The lowest BCUT2D eigenvalue weighted by atomic mass is 9.89. The number of hydrogen-bond acceptors (Lipinski definition) is 2. The van der Waals surface area contributed by atoms with Crippen LogP contribution < -0.4 is 5.32 Å². The van der Waals surface area contributed by atoms with Crippen LogP contribution in [0.1, 0.15) is 57.8 Å². The van der Waals surface area contributed by atoms with Gasteiger partial charge in [-0.25, -0.2) is 0 Å². The Morgan fingerprint density at radius 3 is 2.63 bits per heavy atom. The van der Waals surface area contributed by atoms with Crippen molar-refractivity contribution in [1.29, 1.82) is 0 Å². The van der Waals surface area contributed by atoms with Gasteiger partial charge >= 0.3 is 0 Å². The fourth-order valence-corrected chi connectivity index (χ4v) is 3.10. The molecule has 1 saturated carbocycles. The zero-order valence-corrected chi connectivity index (χ0v) is 11.8. The second-order valence-electron chi connectivity index (χ2n) is 5.82. The van der Waals surface area contributed by atoms with E-state index in [9.17, 15) is 9.59 Å². The van der Waals surface area contributed by atoms with Crippen molar-refractivity contribution in [3.63, 3.8) is 0 Å². The van der Waals surface area contributed by atoms with Crippen LogP contribution >= 0.6 is 0 Å². The van der Waals surface area contributed by atoms with Crippen LogP contribution in [0.5, 0.6) is 0 Å². The van der Waals surface area contributed by atoms with Crippen molar-refractivity contribution in [1.82, 2.24) is 10.2 Å². The van der Waals surface area contributed by atoms with Crippen molar-refractivity contribution in [2.45, 2.75) is 57.8 Å². The van der Waals surface area contributed by atoms with Gasteiger partial charge in [0.1, 0.15) is 0 Å². The molecule has 19 heavy (non-hydrogen) atoms. The summed E-state index contributed by atoms with van der Waals surface area (Å²) in [7, 11) is 0. The molecule has 1 aliphatic heterocycles. The summed E-state index contributed by atoms with van der Waals surface area (Å²) in [4.78, 5) is 25.7. The predicted octanol–water partition coefficient (Wildman–Crippen LogP) is 2.09. The average molecular weight is 266 g/mol. The number of likely N-dealkylation sites (tertiary alicyclic amines) is 1. The Hall–Kier alpha value is -1.06. The minimum atomic E-state index is 0.196. The molecule has 2 amide bonds. The minimum absolute atomic E-state index is 0.196. The standard InChI is InChI=1S/C15H26N2O2/c18-14-9-5-2-6-11-17(14)12-10-16-15(19)13-7-3-1-4-8-13/h13H,1-12H2,(H,16,19). The van der Waals surface area contributed by atoms with Gasteiger partial charge in [-0.05, 0) is 25.7 Å². The Morgan fingerprint density at radius 2 is 1.84 bits per heavy atom. The predicted molar refractivity (Wildman–Crippen MR) is 74.6 cm³/mol. The summed E-state index contributed by atoms with van der Waals surface area (Å²) in [5, 5.41) is 3.01. The van der Waals surface area contributed by atoms with Gasteiger partial charge in [0, 0.05) is 32.0 Å². The van der Waals surface area contributed by atoms with Crippen molar-refractivity contribution in [3.05, 3.63) is 0 Å².